The Labute approximate surface area is 224 Å². The van der Waals surface area contributed by atoms with Crippen LogP contribution >= 0.6 is 46.6 Å². The van der Waals surface area contributed by atoms with E-state index in [4.69, 9.17) is 22.1 Å². The zero-order valence-electron chi connectivity index (χ0n) is 17.9. The minimum atomic E-state index is -0.974. The lowest BCUT2D eigenvalue weighted by Crippen LogP contribution is -2.44. The molecule has 1 saturated heterocycles. The van der Waals surface area contributed by atoms with E-state index in [9.17, 15) is 14.4 Å². The fraction of sp³-hybridized carbons (Fsp3) is 0.0400. The van der Waals surface area contributed by atoms with Crippen LogP contribution in [0.2, 0.25) is 0 Å². The van der Waals surface area contributed by atoms with Crippen LogP contribution in [-0.2, 0) is 11.4 Å². The molecule has 1 heterocycles. The Balaban J connectivity index is 1.41. The molecule has 176 valence electrons. The Bertz CT molecular complexity index is 1340. The molecule has 10 heteroatoms. The largest absolute Gasteiger partial charge is 0.488 e. The van der Waals surface area contributed by atoms with Gasteiger partial charge in [0.1, 0.15) is 12.4 Å². The zero-order chi connectivity index (χ0) is 24.9. The van der Waals surface area contributed by atoms with Gasteiger partial charge in [0, 0.05) is 5.56 Å². The molecule has 4 rings (SSSR count). The summed E-state index contributed by atoms with van der Waals surface area (Å²) in [6.07, 6.45) is 1.71. The highest BCUT2D eigenvalue weighted by Crippen LogP contribution is 2.32. The van der Waals surface area contributed by atoms with Crippen molar-refractivity contribution >= 4 is 74.8 Å². The Kier molecular flexibility index (Phi) is 7.83. The van der Waals surface area contributed by atoms with Crippen LogP contribution in [-0.4, -0.2) is 32.2 Å². The standard InChI is InChI=1S/C25H17IN2O5S2/c26-19-12-16(8-11-20(19)33-14-15-6-9-18(10-7-15)24(31)32)13-21-23(30)28(25(34)35-21)27-22(29)17-4-2-1-3-5-17/h1-13H,14H2,(H,27,29)(H,31,32)/b21-13-. The van der Waals surface area contributed by atoms with Gasteiger partial charge < -0.3 is 9.84 Å². The number of carbonyl (C=O) groups is 3. The van der Waals surface area contributed by atoms with Crippen molar-refractivity contribution < 1.29 is 24.2 Å². The van der Waals surface area contributed by atoms with Crippen LogP contribution in [0.1, 0.15) is 31.8 Å². The first-order chi connectivity index (χ1) is 16.8. The molecule has 0 bridgehead atoms. The third kappa shape index (κ3) is 6.08. The summed E-state index contributed by atoms with van der Waals surface area (Å²) in [4.78, 5) is 36.6. The molecule has 7 nitrogen and oxygen atoms in total. The number of aromatic carboxylic acids is 1. The number of benzene rings is 3. The minimum Gasteiger partial charge on any atom is -0.488 e. The third-order valence-electron chi connectivity index (χ3n) is 4.89. The molecule has 0 spiro atoms. The number of carboxylic acid groups (broad SMARTS) is 1. The van der Waals surface area contributed by atoms with Gasteiger partial charge in [-0.05, 0) is 88.4 Å². The molecule has 35 heavy (non-hydrogen) atoms. The summed E-state index contributed by atoms with van der Waals surface area (Å²) in [5, 5.41) is 10.1. The SMILES string of the molecule is O=C(O)c1ccc(COc2ccc(/C=C3\SC(=S)N(NC(=O)c4ccccc4)C3=O)cc2I)cc1. The van der Waals surface area contributed by atoms with Crippen LogP contribution in [0.4, 0.5) is 0 Å². The molecular formula is C25H17IN2O5S2. The number of carboxylic acids is 1. The molecule has 3 aromatic carbocycles. The number of carbonyl (C=O) groups excluding carboxylic acids is 2. The summed E-state index contributed by atoms with van der Waals surface area (Å²) < 4.78 is 6.95. The van der Waals surface area contributed by atoms with Gasteiger partial charge in [-0.15, -0.1) is 0 Å². The smallest absolute Gasteiger partial charge is 0.335 e. The van der Waals surface area contributed by atoms with Crippen LogP contribution in [0, 0.1) is 3.57 Å². The number of hydrazine groups is 1. The van der Waals surface area contributed by atoms with Crippen molar-refractivity contribution in [2.24, 2.45) is 0 Å². The van der Waals surface area contributed by atoms with Gasteiger partial charge in [0.25, 0.3) is 11.8 Å². The highest BCUT2D eigenvalue weighted by molar-refractivity contribution is 14.1. The van der Waals surface area contributed by atoms with Gasteiger partial charge in [0.05, 0.1) is 14.0 Å². The molecule has 2 N–H and O–H groups in total. The van der Waals surface area contributed by atoms with Crippen molar-refractivity contribution in [3.05, 3.63) is 104 Å². The predicted molar refractivity (Wildman–Crippen MR) is 146 cm³/mol. The van der Waals surface area contributed by atoms with Gasteiger partial charge in [-0.2, -0.15) is 5.01 Å². The Hall–Kier alpha value is -3.22. The van der Waals surface area contributed by atoms with Crippen LogP contribution in [0.3, 0.4) is 0 Å². The Morgan fingerprint density at radius 1 is 1.06 bits per heavy atom. The third-order valence-corrected chi connectivity index (χ3v) is 7.04. The molecule has 3 aromatic rings. The number of hydrogen-bond acceptors (Lipinski definition) is 6. The quantitative estimate of drug-likeness (QED) is 0.216. The number of hydrogen-bond donors (Lipinski definition) is 2. The number of halogens is 1. The summed E-state index contributed by atoms with van der Waals surface area (Å²) in [6.45, 7) is 0.287. The first-order valence-corrected chi connectivity index (χ1v) is 12.5. The van der Waals surface area contributed by atoms with E-state index in [2.05, 4.69) is 28.0 Å². The molecule has 0 atom stereocenters. The van der Waals surface area contributed by atoms with Crippen LogP contribution < -0.4 is 10.2 Å². The number of nitrogens with zero attached hydrogens (tertiary/aromatic N) is 1. The maximum Gasteiger partial charge on any atom is 0.335 e. The van der Waals surface area contributed by atoms with E-state index >= 15 is 0 Å². The highest BCUT2D eigenvalue weighted by Gasteiger charge is 2.33. The summed E-state index contributed by atoms with van der Waals surface area (Å²) in [5.74, 6) is -1.13. The van der Waals surface area contributed by atoms with Gasteiger partial charge in [-0.3, -0.25) is 15.0 Å². The van der Waals surface area contributed by atoms with Crippen molar-refractivity contribution in [3.63, 3.8) is 0 Å². The van der Waals surface area contributed by atoms with E-state index in [1.165, 1.54) is 12.1 Å². The summed E-state index contributed by atoms with van der Waals surface area (Å²) in [6, 6.07) is 20.6. The van der Waals surface area contributed by atoms with Crippen molar-refractivity contribution in [1.82, 2.24) is 10.4 Å². The highest BCUT2D eigenvalue weighted by atomic mass is 127. The van der Waals surface area contributed by atoms with Crippen LogP contribution in [0.25, 0.3) is 6.08 Å². The topological polar surface area (TPSA) is 95.9 Å². The molecule has 1 fully saturated rings. The molecular weight excluding hydrogens is 599 g/mol. The molecule has 0 saturated carbocycles. The number of thiocarbonyl (C=S) groups is 1. The van der Waals surface area contributed by atoms with Crippen molar-refractivity contribution in [1.29, 1.82) is 0 Å². The van der Waals surface area contributed by atoms with Gasteiger partial charge >= 0.3 is 5.97 Å². The van der Waals surface area contributed by atoms with Crippen molar-refractivity contribution in [2.75, 3.05) is 0 Å². The molecule has 1 aliphatic heterocycles. The van der Waals surface area contributed by atoms with E-state index in [1.54, 1.807) is 54.6 Å². The Morgan fingerprint density at radius 2 is 1.77 bits per heavy atom. The van der Waals surface area contributed by atoms with E-state index in [-0.39, 0.29) is 16.5 Å². The molecule has 0 radical (unpaired) electrons. The van der Waals surface area contributed by atoms with Gasteiger partial charge in [-0.1, -0.05) is 48.2 Å². The van der Waals surface area contributed by atoms with Crippen LogP contribution in [0.15, 0.2) is 77.7 Å². The number of rotatable bonds is 7. The maximum absolute atomic E-state index is 12.8. The first kappa shape index (κ1) is 24.9. The van der Waals surface area contributed by atoms with Crippen molar-refractivity contribution in [2.45, 2.75) is 6.61 Å². The fourth-order valence-electron chi connectivity index (χ4n) is 3.10. The minimum absolute atomic E-state index is 0.220. The average Bonchev–Trinajstić information content (AvgIpc) is 3.11. The monoisotopic (exact) mass is 616 g/mol. The molecule has 0 aliphatic carbocycles. The average molecular weight is 616 g/mol. The summed E-state index contributed by atoms with van der Waals surface area (Å²) in [5.41, 5.74) is 4.83. The second kappa shape index (κ2) is 11.0. The number of amides is 2. The second-order valence-electron chi connectivity index (χ2n) is 7.30. The zero-order valence-corrected chi connectivity index (χ0v) is 21.7. The maximum atomic E-state index is 12.8. The van der Waals surface area contributed by atoms with Gasteiger partial charge in [-0.25, -0.2) is 4.79 Å². The second-order valence-corrected chi connectivity index (χ2v) is 10.1. The lowest BCUT2D eigenvalue weighted by molar-refractivity contribution is -0.123. The molecule has 0 unspecified atom stereocenters. The molecule has 1 aliphatic rings. The lowest BCUT2D eigenvalue weighted by atomic mass is 10.1. The predicted octanol–water partition coefficient (Wildman–Crippen LogP) is 5.11. The number of thioether (sulfide) groups is 1. The van der Waals surface area contributed by atoms with Crippen LogP contribution in [0.5, 0.6) is 5.75 Å². The van der Waals surface area contributed by atoms with Crippen molar-refractivity contribution in [3.8, 4) is 5.75 Å². The normalized spacial score (nSPS) is 14.3. The summed E-state index contributed by atoms with van der Waals surface area (Å²) >= 11 is 8.55. The van der Waals surface area contributed by atoms with E-state index < -0.39 is 17.8 Å². The van der Waals surface area contributed by atoms with Gasteiger partial charge in [0.15, 0.2) is 4.32 Å². The first-order valence-electron chi connectivity index (χ1n) is 10.2. The lowest BCUT2D eigenvalue weighted by Gasteiger charge is -2.15. The fourth-order valence-corrected chi connectivity index (χ4v) is 4.97. The Morgan fingerprint density at radius 3 is 2.43 bits per heavy atom. The van der Waals surface area contributed by atoms with E-state index in [1.807, 2.05) is 12.1 Å². The summed E-state index contributed by atoms with van der Waals surface area (Å²) in [7, 11) is 0. The van der Waals surface area contributed by atoms with Gasteiger partial charge in [0.2, 0.25) is 0 Å². The number of nitrogens with one attached hydrogen (secondary N) is 1. The number of ether oxygens (including phenoxy) is 1. The van der Waals surface area contributed by atoms with E-state index in [0.29, 0.717) is 16.2 Å². The molecule has 0 aromatic heterocycles. The molecule has 2 amide bonds. The van der Waals surface area contributed by atoms with E-state index in [0.717, 1.165) is 31.5 Å².